The summed E-state index contributed by atoms with van der Waals surface area (Å²) >= 11 is 0. The topological polar surface area (TPSA) is 115 Å². The van der Waals surface area contributed by atoms with Gasteiger partial charge in [0.2, 0.25) is 10.0 Å². The second-order valence-electron chi connectivity index (χ2n) is 12.8. The predicted octanol–water partition coefficient (Wildman–Crippen LogP) is 3.41. The molecular formula is C30H34FN7O4S. The van der Waals surface area contributed by atoms with Crippen molar-refractivity contribution in [3.63, 3.8) is 0 Å². The highest BCUT2D eigenvalue weighted by Crippen LogP contribution is 2.51. The van der Waals surface area contributed by atoms with Crippen LogP contribution in [0.4, 0.5) is 15.9 Å². The fraction of sp³-hybridized carbons (Fsp3) is 0.500. The standard InChI is InChI=1S/C30H34FN7O4S/c1-35(2)18-6-10-37(11-7-18)28-22(34-43(40,41)19-4-5-19)12-17(14-33-28)24-20(31)13-21-25-26-23(15-32-21)36(3)29(39)38(26)30(8-9-30)16-42-27(24)25/h12-15,18-19,34H,4-11,16H2,1-3H3. The van der Waals surface area contributed by atoms with Crippen LogP contribution in [-0.2, 0) is 22.6 Å². The molecule has 1 aromatic carbocycles. The predicted molar refractivity (Wildman–Crippen MR) is 163 cm³/mol. The number of rotatable bonds is 6. The lowest BCUT2D eigenvalue weighted by molar-refractivity contribution is 0.241. The van der Waals surface area contributed by atoms with E-state index in [0.717, 1.165) is 38.8 Å². The molecule has 4 aliphatic rings. The van der Waals surface area contributed by atoms with Crippen LogP contribution in [0.2, 0.25) is 0 Å². The normalized spacial score (nSPS) is 19.9. The molecule has 11 nitrogen and oxygen atoms in total. The molecule has 3 aromatic heterocycles. The Morgan fingerprint density at radius 2 is 1.84 bits per heavy atom. The first-order chi connectivity index (χ1) is 20.6. The summed E-state index contributed by atoms with van der Waals surface area (Å²) in [4.78, 5) is 27.0. The summed E-state index contributed by atoms with van der Waals surface area (Å²) in [5.41, 5.74) is 2.01. The second kappa shape index (κ2) is 9.15. The van der Waals surface area contributed by atoms with E-state index in [4.69, 9.17) is 9.72 Å². The summed E-state index contributed by atoms with van der Waals surface area (Å²) in [6.45, 7) is 1.67. The SMILES string of the molecule is CN(C)C1CCN(c2ncc(-c3c(F)cc4ncc5c6c4c3OCC3(CC3)n6c(=O)n5C)cc2NS(=O)(=O)C2CC2)CC1. The summed E-state index contributed by atoms with van der Waals surface area (Å²) < 4.78 is 55.0. The van der Waals surface area contributed by atoms with Crippen molar-refractivity contribution in [3.8, 4) is 16.9 Å². The number of nitrogens with zero attached hydrogens (tertiary/aromatic N) is 6. The van der Waals surface area contributed by atoms with E-state index in [-0.39, 0.29) is 17.9 Å². The number of sulfonamides is 1. The maximum Gasteiger partial charge on any atom is 0.329 e. The Morgan fingerprint density at radius 3 is 2.51 bits per heavy atom. The highest BCUT2D eigenvalue weighted by atomic mass is 32.2. The fourth-order valence-electron chi connectivity index (χ4n) is 6.85. The quantitative estimate of drug-likeness (QED) is 0.355. The third-order valence-electron chi connectivity index (χ3n) is 9.73. The molecule has 13 heteroatoms. The molecule has 1 spiro atoms. The molecule has 226 valence electrons. The van der Waals surface area contributed by atoms with E-state index in [1.165, 1.54) is 6.07 Å². The van der Waals surface area contributed by atoms with Crippen LogP contribution in [-0.4, -0.2) is 77.5 Å². The zero-order chi connectivity index (χ0) is 29.8. The number of nitrogens with one attached hydrogen (secondary N) is 1. The minimum atomic E-state index is -3.62. The lowest BCUT2D eigenvalue weighted by Crippen LogP contribution is -2.42. The number of ether oxygens (including phenoxy) is 1. The number of halogens is 1. The fourth-order valence-corrected chi connectivity index (χ4v) is 8.23. The molecule has 0 atom stereocenters. The molecule has 3 fully saturated rings. The molecule has 2 aliphatic heterocycles. The number of aromatic nitrogens is 4. The summed E-state index contributed by atoms with van der Waals surface area (Å²) in [7, 11) is 2.24. The molecule has 43 heavy (non-hydrogen) atoms. The van der Waals surface area contributed by atoms with Crippen molar-refractivity contribution in [3.05, 3.63) is 40.8 Å². The van der Waals surface area contributed by atoms with Gasteiger partial charge >= 0.3 is 5.69 Å². The lowest BCUT2D eigenvalue weighted by Gasteiger charge is -2.36. The average Bonchev–Trinajstić information content (AvgIpc) is 3.90. The lowest BCUT2D eigenvalue weighted by atomic mass is 10.0. The second-order valence-corrected chi connectivity index (χ2v) is 14.7. The van der Waals surface area contributed by atoms with E-state index in [1.54, 1.807) is 34.6 Å². The summed E-state index contributed by atoms with van der Waals surface area (Å²) in [5.74, 6) is 0.285. The molecule has 0 radical (unpaired) electrons. The zero-order valence-corrected chi connectivity index (χ0v) is 25.2. The van der Waals surface area contributed by atoms with E-state index in [1.807, 2.05) is 0 Å². The number of hydrogen-bond donors (Lipinski definition) is 1. The van der Waals surface area contributed by atoms with E-state index >= 15 is 4.39 Å². The van der Waals surface area contributed by atoms with E-state index in [0.29, 0.717) is 63.6 Å². The highest BCUT2D eigenvalue weighted by molar-refractivity contribution is 7.93. The number of aryl methyl sites for hydroxylation is 1. The zero-order valence-electron chi connectivity index (χ0n) is 24.4. The van der Waals surface area contributed by atoms with Crippen LogP contribution < -0.4 is 20.0 Å². The van der Waals surface area contributed by atoms with Gasteiger partial charge in [-0.25, -0.2) is 22.6 Å². The smallest absolute Gasteiger partial charge is 0.329 e. The molecule has 0 bridgehead atoms. The Bertz CT molecular complexity index is 1990. The number of fused-ring (bicyclic) bond motifs is 1. The molecule has 5 heterocycles. The van der Waals surface area contributed by atoms with Gasteiger partial charge in [-0.1, -0.05) is 0 Å². The largest absolute Gasteiger partial charge is 0.490 e. The molecule has 1 saturated heterocycles. The van der Waals surface area contributed by atoms with Gasteiger partial charge in [0.15, 0.2) is 5.82 Å². The van der Waals surface area contributed by atoms with Crippen molar-refractivity contribution in [2.24, 2.45) is 7.05 Å². The number of pyridine rings is 2. The Hall–Kier alpha value is -3.71. The number of hydrogen-bond acceptors (Lipinski definition) is 8. The maximum atomic E-state index is 16.1. The van der Waals surface area contributed by atoms with E-state index in [2.05, 4.69) is 33.6 Å². The minimum absolute atomic E-state index is 0.148. The Morgan fingerprint density at radius 1 is 1.09 bits per heavy atom. The van der Waals surface area contributed by atoms with Gasteiger partial charge in [-0.05, 0) is 58.7 Å². The Balaban J connectivity index is 1.31. The summed E-state index contributed by atoms with van der Waals surface area (Å²) in [6, 6.07) is 3.48. The van der Waals surface area contributed by atoms with Gasteiger partial charge in [-0.3, -0.25) is 18.8 Å². The van der Waals surface area contributed by atoms with Gasteiger partial charge in [-0.2, -0.15) is 0 Å². The van der Waals surface area contributed by atoms with Crippen molar-refractivity contribution < 1.29 is 17.5 Å². The third-order valence-corrected chi connectivity index (χ3v) is 11.6. The third kappa shape index (κ3) is 4.07. The number of piperidine rings is 1. The average molecular weight is 608 g/mol. The van der Waals surface area contributed by atoms with Crippen LogP contribution in [0.5, 0.6) is 5.75 Å². The van der Waals surface area contributed by atoms with Crippen molar-refractivity contribution in [1.82, 2.24) is 24.0 Å². The van der Waals surface area contributed by atoms with Crippen molar-refractivity contribution in [1.29, 1.82) is 0 Å². The molecule has 2 aliphatic carbocycles. The highest BCUT2D eigenvalue weighted by Gasteiger charge is 2.50. The van der Waals surface area contributed by atoms with Gasteiger partial charge in [0.25, 0.3) is 0 Å². The Kier molecular flexibility index (Phi) is 5.72. The van der Waals surface area contributed by atoms with Crippen molar-refractivity contribution in [2.75, 3.05) is 43.4 Å². The number of anilines is 2. The molecular weight excluding hydrogens is 573 g/mol. The van der Waals surface area contributed by atoms with Crippen molar-refractivity contribution in [2.45, 2.75) is 55.4 Å². The monoisotopic (exact) mass is 607 g/mol. The van der Waals surface area contributed by atoms with Crippen LogP contribution in [0.15, 0.2) is 29.3 Å². The minimum Gasteiger partial charge on any atom is -0.490 e. The van der Waals surface area contributed by atoms with Gasteiger partial charge in [-0.15, -0.1) is 0 Å². The molecule has 2 saturated carbocycles. The van der Waals surface area contributed by atoms with Gasteiger partial charge in [0, 0.05) is 44.0 Å². The summed E-state index contributed by atoms with van der Waals surface area (Å²) in [5, 5.41) is 0.142. The van der Waals surface area contributed by atoms with E-state index < -0.39 is 26.6 Å². The molecule has 0 unspecified atom stereocenters. The van der Waals surface area contributed by atoms with Gasteiger partial charge in [0.05, 0.1) is 50.2 Å². The van der Waals surface area contributed by atoms with Crippen LogP contribution in [0.1, 0.15) is 38.5 Å². The first kappa shape index (κ1) is 26.9. The number of imidazole rings is 1. The number of benzene rings is 1. The van der Waals surface area contributed by atoms with Gasteiger partial charge in [0.1, 0.15) is 18.2 Å². The molecule has 1 N–H and O–H groups in total. The molecule has 4 aromatic rings. The first-order valence-corrected chi connectivity index (χ1v) is 16.4. The summed E-state index contributed by atoms with van der Waals surface area (Å²) in [6.07, 6.45) is 7.86. The van der Waals surface area contributed by atoms with Crippen LogP contribution in [0.3, 0.4) is 0 Å². The van der Waals surface area contributed by atoms with Crippen LogP contribution >= 0.6 is 0 Å². The maximum absolute atomic E-state index is 16.1. The molecule has 8 rings (SSSR count). The van der Waals surface area contributed by atoms with Crippen LogP contribution in [0, 0.1) is 5.82 Å². The Labute approximate surface area is 248 Å². The first-order valence-electron chi connectivity index (χ1n) is 14.9. The van der Waals surface area contributed by atoms with Gasteiger partial charge < -0.3 is 14.5 Å². The van der Waals surface area contributed by atoms with Crippen molar-refractivity contribution >= 4 is 43.5 Å². The van der Waals surface area contributed by atoms with E-state index in [9.17, 15) is 13.2 Å². The van der Waals surface area contributed by atoms with Crippen LogP contribution in [0.25, 0.3) is 33.1 Å². The molecule has 0 amide bonds.